The van der Waals surface area contributed by atoms with Gasteiger partial charge in [0.25, 0.3) is 0 Å². The second kappa shape index (κ2) is 6.33. The summed E-state index contributed by atoms with van der Waals surface area (Å²) in [5, 5.41) is 10.6. The van der Waals surface area contributed by atoms with Gasteiger partial charge < -0.3 is 15.4 Å². The number of sulfonamides is 1. The molecule has 4 N–H and O–H groups in total. The van der Waals surface area contributed by atoms with Gasteiger partial charge >= 0.3 is 0 Å². The number of rotatable bonds is 5. The zero-order valence-electron chi connectivity index (χ0n) is 14.2. The van der Waals surface area contributed by atoms with E-state index in [-0.39, 0.29) is 11.5 Å². The molecule has 25 heavy (non-hydrogen) atoms. The Morgan fingerprint density at radius 2 is 1.80 bits per heavy atom. The van der Waals surface area contributed by atoms with Crippen molar-refractivity contribution in [2.75, 3.05) is 16.2 Å². The minimum atomic E-state index is -3.30. The van der Waals surface area contributed by atoms with Crippen LogP contribution in [0, 0.1) is 0 Å². The molecule has 0 bridgehead atoms. The lowest BCUT2D eigenvalue weighted by molar-refractivity contribution is 0.476. The molecule has 0 fully saturated rings. The zero-order valence-corrected chi connectivity index (χ0v) is 15.0. The smallest absolute Gasteiger partial charge is 0.232 e. The molecular formula is C18H21N3O3S. The molecule has 0 aliphatic rings. The standard InChI is InChI=1S/C18H21N3O3S/c1-3-21-16-11-14(22)9-10-15(16)17(19)18(21)12-5-7-13(8-6-12)20-25(23,24)4-2/h5-11,20,22H,3-4,19H2,1-2H3. The van der Waals surface area contributed by atoms with E-state index in [0.717, 1.165) is 22.2 Å². The van der Waals surface area contributed by atoms with Crippen LogP contribution < -0.4 is 10.5 Å². The Bertz CT molecular complexity index is 1020. The van der Waals surface area contributed by atoms with Gasteiger partial charge in [0.1, 0.15) is 5.75 Å². The van der Waals surface area contributed by atoms with Crippen molar-refractivity contribution in [2.24, 2.45) is 0 Å². The van der Waals surface area contributed by atoms with Crippen molar-refractivity contribution in [3.8, 4) is 17.0 Å². The lowest BCUT2D eigenvalue weighted by Gasteiger charge is -2.11. The average molecular weight is 359 g/mol. The summed E-state index contributed by atoms with van der Waals surface area (Å²) in [7, 11) is -3.30. The first-order valence-electron chi connectivity index (χ1n) is 8.08. The number of nitrogens with two attached hydrogens (primary N) is 1. The first-order valence-corrected chi connectivity index (χ1v) is 9.73. The number of phenolic OH excluding ortho intramolecular Hbond substituents is 1. The summed E-state index contributed by atoms with van der Waals surface area (Å²) in [5.41, 5.74) is 10.1. The lowest BCUT2D eigenvalue weighted by Crippen LogP contribution is -2.14. The monoisotopic (exact) mass is 359 g/mol. The number of benzene rings is 2. The summed E-state index contributed by atoms with van der Waals surface area (Å²) in [4.78, 5) is 0. The molecule has 0 aliphatic heterocycles. The molecule has 6 nitrogen and oxygen atoms in total. The molecule has 0 aliphatic carbocycles. The highest BCUT2D eigenvalue weighted by Crippen LogP contribution is 2.37. The molecule has 1 aromatic heterocycles. The van der Waals surface area contributed by atoms with Crippen molar-refractivity contribution in [3.05, 3.63) is 42.5 Å². The van der Waals surface area contributed by atoms with Crippen LogP contribution in [0.4, 0.5) is 11.4 Å². The Kier molecular flexibility index (Phi) is 4.34. The van der Waals surface area contributed by atoms with E-state index >= 15 is 0 Å². The van der Waals surface area contributed by atoms with Gasteiger partial charge in [0.2, 0.25) is 10.0 Å². The second-order valence-electron chi connectivity index (χ2n) is 5.79. The summed E-state index contributed by atoms with van der Waals surface area (Å²) in [5.74, 6) is 0.213. The maximum Gasteiger partial charge on any atom is 0.232 e. The van der Waals surface area contributed by atoms with Gasteiger partial charge in [-0.1, -0.05) is 12.1 Å². The minimum absolute atomic E-state index is 0.0231. The second-order valence-corrected chi connectivity index (χ2v) is 7.80. The summed E-state index contributed by atoms with van der Waals surface area (Å²) in [6, 6.07) is 12.2. The molecule has 1 heterocycles. The lowest BCUT2D eigenvalue weighted by atomic mass is 10.1. The van der Waals surface area contributed by atoms with Gasteiger partial charge in [-0.2, -0.15) is 0 Å². The highest BCUT2D eigenvalue weighted by Gasteiger charge is 2.16. The van der Waals surface area contributed by atoms with Crippen molar-refractivity contribution < 1.29 is 13.5 Å². The molecule has 3 rings (SSSR count). The van der Waals surface area contributed by atoms with Crippen molar-refractivity contribution in [1.82, 2.24) is 4.57 Å². The van der Waals surface area contributed by atoms with Crippen LogP contribution in [0.2, 0.25) is 0 Å². The van der Waals surface area contributed by atoms with Crippen LogP contribution in [0.5, 0.6) is 5.75 Å². The van der Waals surface area contributed by atoms with Gasteiger partial charge in [0.15, 0.2) is 0 Å². The molecule has 0 saturated carbocycles. The summed E-state index contributed by atoms with van der Waals surface area (Å²) in [6.45, 7) is 4.29. The quantitative estimate of drug-likeness (QED) is 0.650. The predicted molar refractivity (Wildman–Crippen MR) is 102 cm³/mol. The van der Waals surface area contributed by atoms with Crippen LogP contribution in [0.15, 0.2) is 42.5 Å². The van der Waals surface area contributed by atoms with Crippen LogP contribution in [0.3, 0.4) is 0 Å². The molecule has 0 atom stereocenters. The van der Waals surface area contributed by atoms with Gasteiger partial charge in [-0.05, 0) is 38.1 Å². The number of fused-ring (bicyclic) bond motifs is 1. The molecule has 0 spiro atoms. The number of aryl methyl sites for hydroxylation is 1. The van der Waals surface area contributed by atoms with Crippen LogP contribution in [0.1, 0.15) is 13.8 Å². The number of hydrogen-bond acceptors (Lipinski definition) is 4. The fourth-order valence-corrected chi connectivity index (χ4v) is 3.59. The molecule has 2 aromatic carbocycles. The van der Waals surface area contributed by atoms with Gasteiger partial charge in [-0.25, -0.2) is 8.42 Å². The topological polar surface area (TPSA) is 97.4 Å². The SMILES string of the molecule is CCn1c(-c2ccc(NS(=O)(=O)CC)cc2)c(N)c2ccc(O)cc21. The Hall–Kier alpha value is -2.67. The van der Waals surface area contributed by atoms with E-state index in [4.69, 9.17) is 5.73 Å². The van der Waals surface area contributed by atoms with E-state index in [9.17, 15) is 13.5 Å². The van der Waals surface area contributed by atoms with Crippen molar-refractivity contribution in [1.29, 1.82) is 0 Å². The van der Waals surface area contributed by atoms with Crippen molar-refractivity contribution >= 4 is 32.3 Å². The van der Waals surface area contributed by atoms with Crippen LogP contribution >= 0.6 is 0 Å². The number of aromatic hydroxyl groups is 1. The molecule has 0 radical (unpaired) electrons. The van der Waals surface area contributed by atoms with Crippen LogP contribution in [0.25, 0.3) is 22.2 Å². The third kappa shape index (κ3) is 3.15. The van der Waals surface area contributed by atoms with E-state index in [1.807, 2.05) is 23.6 Å². The van der Waals surface area contributed by atoms with Gasteiger partial charge in [-0.3, -0.25) is 4.72 Å². The number of aromatic nitrogens is 1. The Labute approximate surface area is 146 Å². The Morgan fingerprint density at radius 1 is 1.12 bits per heavy atom. The number of phenols is 1. The van der Waals surface area contributed by atoms with E-state index in [1.165, 1.54) is 0 Å². The summed E-state index contributed by atoms with van der Waals surface area (Å²) < 4.78 is 27.9. The Morgan fingerprint density at radius 3 is 2.40 bits per heavy atom. The fraction of sp³-hybridized carbons (Fsp3) is 0.222. The number of nitrogen functional groups attached to an aromatic ring is 1. The maximum absolute atomic E-state index is 11.7. The largest absolute Gasteiger partial charge is 0.508 e. The van der Waals surface area contributed by atoms with E-state index in [0.29, 0.717) is 17.9 Å². The molecule has 0 amide bonds. The first-order chi connectivity index (χ1) is 11.9. The van der Waals surface area contributed by atoms with Crippen molar-refractivity contribution in [3.63, 3.8) is 0 Å². The first kappa shape index (κ1) is 17.2. The molecular weight excluding hydrogens is 338 g/mol. The zero-order chi connectivity index (χ0) is 18.2. The molecule has 132 valence electrons. The van der Waals surface area contributed by atoms with Gasteiger partial charge in [0, 0.05) is 29.2 Å². The highest BCUT2D eigenvalue weighted by molar-refractivity contribution is 7.92. The Balaban J connectivity index is 2.09. The summed E-state index contributed by atoms with van der Waals surface area (Å²) >= 11 is 0. The molecule has 3 aromatic rings. The molecule has 7 heteroatoms. The van der Waals surface area contributed by atoms with Gasteiger partial charge in [0.05, 0.1) is 22.7 Å². The number of nitrogens with one attached hydrogen (secondary N) is 1. The predicted octanol–water partition coefficient (Wildman–Crippen LogP) is 3.38. The third-order valence-corrected chi connectivity index (χ3v) is 5.52. The normalized spacial score (nSPS) is 11.8. The molecule has 0 saturated heterocycles. The maximum atomic E-state index is 11.7. The molecule has 0 unspecified atom stereocenters. The van der Waals surface area contributed by atoms with Crippen molar-refractivity contribution in [2.45, 2.75) is 20.4 Å². The number of anilines is 2. The van der Waals surface area contributed by atoms with E-state index < -0.39 is 10.0 Å². The fourth-order valence-electron chi connectivity index (χ4n) is 2.95. The van der Waals surface area contributed by atoms with E-state index in [1.54, 1.807) is 37.3 Å². The summed E-state index contributed by atoms with van der Waals surface area (Å²) in [6.07, 6.45) is 0. The van der Waals surface area contributed by atoms with Crippen LogP contribution in [-0.2, 0) is 16.6 Å². The average Bonchev–Trinajstić information content (AvgIpc) is 2.86. The highest BCUT2D eigenvalue weighted by atomic mass is 32.2. The van der Waals surface area contributed by atoms with E-state index in [2.05, 4.69) is 4.72 Å². The minimum Gasteiger partial charge on any atom is -0.508 e. The number of hydrogen-bond donors (Lipinski definition) is 3. The number of nitrogens with zero attached hydrogens (tertiary/aromatic N) is 1. The third-order valence-electron chi connectivity index (χ3n) is 4.22. The van der Waals surface area contributed by atoms with Crippen LogP contribution in [-0.4, -0.2) is 23.8 Å². The van der Waals surface area contributed by atoms with Gasteiger partial charge in [-0.15, -0.1) is 0 Å².